The van der Waals surface area contributed by atoms with Gasteiger partial charge in [-0.2, -0.15) is 13.2 Å². The van der Waals surface area contributed by atoms with Crippen LogP contribution in [0.15, 0.2) is 47.4 Å². The topological polar surface area (TPSA) is 84.5 Å². The van der Waals surface area contributed by atoms with Gasteiger partial charge in [0.25, 0.3) is 15.7 Å². The van der Waals surface area contributed by atoms with Gasteiger partial charge in [-0.1, -0.05) is 12.1 Å². The molecule has 0 aliphatic carbocycles. The summed E-state index contributed by atoms with van der Waals surface area (Å²) in [6, 6.07) is 9.03. The first-order valence-electron chi connectivity index (χ1n) is 7.75. The van der Waals surface area contributed by atoms with Crippen molar-refractivity contribution < 1.29 is 31.1 Å². The van der Waals surface area contributed by atoms with E-state index >= 15 is 0 Å². The Morgan fingerprint density at radius 1 is 1.11 bits per heavy atom. The molecule has 10 heteroatoms. The summed E-state index contributed by atoms with van der Waals surface area (Å²) in [5.74, 6) is -0.396. The zero-order chi connectivity index (χ0) is 20.2. The second-order valence-electron chi connectivity index (χ2n) is 5.34. The van der Waals surface area contributed by atoms with Gasteiger partial charge in [0, 0.05) is 6.54 Å². The predicted octanol–water partition coefficient (Wildman–Crippen LogP) is 3.67. The van der Waals surface area contributed by atoms with E-state index in [9.17, 15) is 26.4 Å². The van der Waals surface area contributed by atoms with E-state index in [4.69, 9.17) is 4.74 Å². The number of alkyl halides is 3. The fourth-order valence-corrected chi connectivity index (χ4v) is 3.08. The number of para-hydroxylation sites is 1. The van der Waals surface area contributed by atoms with Gasteiger partial charge in [-0.3, -0.25) is 4.79 Å². The molecular formula is C17H17F3N2O4S. The Kier molecular flexibility index (Phi) is 5.99. The average Bonchev–Trinajstić information content (AvgIpc) is 2.62. The molecule has 146 valence electrons. The van der Waals surface area contributed by atoms with Crippen molar-refractivity contribution in [1.82, 2.24) is 0 Å². The van der Waals surface area contributed by atoms with Crippen LogP contribution in [0.4, 0.5) is 24.5 Å². The number of hydrogen-bond donors (Lipinski definition) is 2. The normalized spacial score (nSPS) is 11.7. The highest BCUT2D eigenvalue weighted by atomic mass is 32.2. The van der Waals surface area contributed by atoms with E-state index in [0.29, 0.717) is 6.54 Å². The number of nitrogens with one attached hydrogen (secondary N) is 2. The van der Waals surface area contributed by atoms with Crippen LogP contribution in [-0.2, 0) is 9.84 Å². The molecule has 0 aliphatic heterocycles. The van der Waals surface area contributed by atoms with Crippen molar-refractivity contribution in [1.29, 1.82) is 0 Å². The third kappa shape index (κ3) is 4.33. The minimum Gasteiger partial charge on any atom is -0.496 e. The zero-order valence-electron chi connectivity index (χ0n) is 14.4. The lowest BCUT2D eigenvalue weighted by Crippen LogP contribution is -2.23. The van der Waals surface area contributed by atoms with Crippen LogP contribution in [0.3, 0.4) is 0 Å². The van der Waals surface area contributed by atoms with Gasteiger partial charge in [-0.05, 0) is 37.3 Å². The number of methoxy groups -OCH3 is 1. The first kappa shape index (κ1) is 20.6. The molecule has 0 atom stereocenters. The van der Waals surface area contributed by atoms with Crippen molar-refractivity contribution in [2.75, 3.05) is 24.3 Å². The standard InChI is InChI=1S/C17H17F3N2O4S/c1-3-21-13-9-8-11(27(24,25)17(18,19)20)10-14(13)22-16(23)12-6-4-5-7-15(12)26-2/h4-10,21H,3H2,1-2H3,(H,22,23). The Morgan fingerprint density at radius 3 is 2.37 bits per heavy atom. The highest BCUT2D eigenvalue weighted by Gasteiger charge is 2.47. The Morgan fingerprint density at radius 2 is 1.78 bits per heavy atom. The predicted molar refractivity (Wildman–Crippen MR) is 94.8 cm³/mol. The van der Waals surface area contributed by atoms with E-state index in [1.165, 1.54) is 19.2 Å². The summed E-state index contributed by atoms with van der Waals surface area (Å²) >= 11 is 0. The molecule has 0 aromatic heterocycles. The van der Waals surface area contributed by atoms with Crippen LogP contribution in [0.1, 0.15) is 17.3 Å². The molecule has 0 saturated carbocycles. The summed E-state index contributed by atoms with van der Waals surface area (Å²) in [4.78, 5) is 11.6. The first-order valence-corrected chi connectivity index (χ1v) is 9.23. The average molecular weight is 402 g/mol. The highest BCUT2D eigenvalue weighted by Crippen LogP contribution is 2.34. The first-order chi connectivity index (χ1) is 12.6. The van der Waals surface area contributed by atoms with Crippen molar-refractivity contribution in [3.05, 3.63) is 48.0 Å². The van der Waals surface area contributed by atoms with Gasteiger partial charge >= 0.3 is 5.51 Å². The van der Waals surface area contributed by atoms with Crippen LogP contribution in [-0.4, -0.2) is 33.5 Å². The van der Waals surface area contributed by atoms with Crippen LogP contribution >= 0.6 is 0 Å². The SMILES string of the molecule is CCNc1ccc(S(=O)(=O)C(F)(F)F)cc1NC(=O)c1ccccc1OC. The van der Waals surface area contributed by atoms with Crippen LogP contribution in [0, 0.1) is 0 Å². The van der Waals surface area contributed by atoms with Gasteiger partial charge in [0.15, 0.2) is 0 Å². The number of ether oxygens (including phenoxy) is 1. The molecule has 2 rings (SSSR count). The van der Waals surface area contributed by atoms with Crippen LogP contribution in [0.5, 0.6) is 5.75 Å². The number of amides is 1. The van der Waals surface area contributed by atoms with E-state index in [-0.39, 0.29) is 22.7 Å². The fraction of sp³-hybridized carbons (Fsp3) is 0.235. The molecule has 1 amide bonds. The molecule has 27 heavy (non-hydrogen) atoms. The number of anilines is 2. The van der Waals surface area contributed by atoms with Crippen molar-refractivity contribution in [2.45, 2.75) is 17.3 Å². The number of sulfone groups is 1. The summed E-state index contributed by atoms with van der Waals surface area (Å²) < 4.78 is 66.8. The summed E-state index contributed by atoms with van der Waals surface area (Å²) in [6.45, 7) is 2.15. The van der Waals surface area contributed by atoms with E-state index in [2.05, 4.69) is 10.6 Å². The third-order valence-corrected chi connectivity index (χ3v) is 5.06. The molecule has 0 aliphatic rings. The molecule has 0 unspecified atom stereocenters. The molecule has 0 fully saturated rings. The van der Waals surface area contributed by atoms with Crippen LogP contribution in [0.2, 0.25) is 0 Å². The molecule has 0 bridgehead atoms. The van der Waals surface area contributed by atoms with Crippen LogP contribution in [0.25, 0.3) is 0 Å². The molecule has 0 heterocycles. The summed E-state index contributed by atoms with van der Waals surface area (Å²) in [5.41, 5.74) is -5.12. The van der Waals surface area contributed by atoms with Gasteiger partial charge < -0.3 is 15.4 Å². The van der Waals surface area contributed by atoms with Gasteiger partial charge in [-0.25, -0.2) is 8.42 Å². The van der Waals surface area contributed by atoms with Gasteiger partial charge in [0.1, 0.15) is 5.75 Å². The van der Waals surface area contributed by atoms with Gasteiger partial charge in [0.2, 0.25) is 0 Å². The molecule has 0 radical (unpaired) electrons. The summed E-state index contributed by atoms with van der Waals surface area (Å²) in [6.07, 6.45) is 0. The highest BCUT2D eigenvalue weighted by molar-refractivity contribution is 7.92. The third-order valence-electron chi connectivity index (χ3n) is 3.57. The van der Waals surface area contributed by atoms with Crippen molar-refractivity contribution in [2.24, 2.45) is 0 Å². The Balaban J connectivity index is 2.48. The lowest BCUT2D eigenvalue weighted by molar-refractivity contribution is -0.0436. The Labute approximate surface area is 154 Å². The number of carbonyl (C=O) groups is 1. The number of hydrogen-bond acceptors (Lipinski definition) is 5. The summed E-state index contributed by atoms with van der Waals surface area (Å²) in [5, 5.41) is 5.29. The number of rotatable bonds is 6. The molecule has 6 nitrogen and oxygen atoms in total. The Bertz CT molecular complexity index is 943. The molecule has 2 N–H and O–H groups in total. The molecular weight excluding hydrogens is 385 g/mol. The molecule has 2 aromatic rings. The van der Waals surface area contributed by atoms with Crippen molar-refractivity contribution in [3.63, 3.8) is 0 Å². The lowest BCUT2D eigenvalue weighted by Gasteiger charge is -2.16. The number of halogens is 3. The van der Waals surface area contributed by atoms with E-state index in [0.717, 1.165) is 12.1 Å². The maximum absolute atomic E-state index is 12.8. The fourth-order valence-electron chi connectivity index (χ4n) is 2.29. The maximum atomic E-state index is 12.8. The molecule has 2 aromatic carbocycles. The second-order valence-corrected chi connectivity index (χ2v) is 7.28. The molecule has 0 spiro atoms. The quantitative estimate of drug-likeness (QED) is 0.770. The minimum absolute atomic E-state index is 0.0990. The molecule has 0 saturated heterocycles. The summed E-state index contributed by atoms with van der Waals surface area (Å²) in [7, 11) is -4.18. The zero-order valence-corrected chi connectivity index (χ0v) is 15.2. The van der Waals surface area contributed by atoms with Crippen LogP contribution < -0.4 is 15.4 Å². The Hall–Kier alpha value is -2.75. The minimum atomic E-state index is -5.55. The maximum Gasteiger partial charge on any atom is 0.501 e. The van der Waals surface area contributed by atoms with E-state index in [1.807, 2.05) is 0 Å². The second kappa shape index (κ2) is 7.87. The van der Waals surface area contributed by atoms with Gasteiger partial charge in [0.05, 0.1) is 28.9 Å². The van der Waals surface area contributed by atoms with Crippen molar-refractivity contribution in [3.8, 4) is 5.75 Å². The monoisotopic (exact) mass is 402 g/mol. The number of benzene rings is 2. The smallest absolute Gasteiger partial charge is 0.496 e. The largest absolute Gasteiger partial charge is 0.501 e. The van der Waals surface area contributed by atoms with E-state index < -0.39 is 26.1 Å². The van der Waals surface area contributed by atoms with E-state index in [1.54, 1.807) is 25.1 Å². The lowest BCUT2D eigenvalue weighted by atomic mass is 10.1. The van der Waals surface area contributed by atoms with Crippen molar-refractivity contribution >= 4 is 27.1 Å². The number of carbonyl (C=O) groups excluding carboxylic acids is 1. The van der Waals surface area contributed by atoms with Gasteiger partial charge in [-0.15, -0.1) is 0 Å².